The number of hydrogen-bond acceptors (Lipinski definition) is 3. The number of hydrogen-bond donors (Lipinski definition) is 0. The second-order valence-electron chi connectivity index (χ2n) is 4.96. The summed E-state index contributed by atoms with van der Waals surface area (Å²) in [5, 5.41) is 0. The predicted octanol–water partition coefficient (Wildman–Crippen LogP) is 4.11. The van der Waals surface area contributed by atoms with Crippen LogP contribution in [0.3, 0.4) is 0 Å². The molecule has 1 aliphatic carbocycles. The van der Waals surface area contributed by atoms with Gasteiger partial charge in [0.05, 0.1) is 11.6 Å². The van der Waals surface area contributed by atoms with E-state index in [2.05, 4.69) is 18.0 Å². The Morgan fingerprint density at radius 2 is 2.10 bits per heavy atom. The second kappa shape index (κ2) is 5.80. The lowest BCUT2D eigenvalue weighted by Crippen LogP contribution is -2.11. The van der Waals surface area contributed by atoms with Crippen molar-refractivity contribution >= 4 is 17.5 Å². The van der Waals surface area contributed by atoms with E-state index in [1.165, 1.54) is 10.5 Å². The minimum Gasteiger partial charge on any atom is -0.293 e. The maximum atomic E-state index is 12.6. The van der Waals surface area contributed by atoms with E-state index in [1.54, 1.807) is 18.0 Å². The number of rotatable bonds is 4. The Morgan fingerprint density at radius 3 is 2.85 bits per heavy atom. The van der Waals surface area contributed by atoms with Crippen LogP contribution in [0.2, 0.25) is 0 Å². The van der Waals surface area contributed by atoms with Crippen molar-refractivity contribution in [1.29, 1.82) is 0 Å². The van der Waals surface area contributed by atoms with E-state index in [-0.39, 0.29) is 11.7 Å². The number of benzene rings is 1. The smallest absolute Gasteiger partial charge is 0.171 e. The van der Waals surface area contributed by atoms with Crippen molar-refractivity contribution in [1.82, 2.24) is 4.98 Å². The third-order valence-corrected chi connectivity index (χ3v) is 4.62. The number of carbonyl (C=O) groups excluding carboxylic acids is 1. The number of thioether (sulfide) groups is 1. The van der Waals surface area contributed by atoms with Gasteiger partial charge in [-0.05, 0) is 42.4 Å². The minimum absolute atomic E-state index is 0.0594. The summed E-state index contributed by atoms with van der Waals surface area (Å²) in [4.78, 5) is 18.3. The van der Waals surface area contributed by atoms with Gasteiger partial charge in [-0.15, -0.1) is 11.8 Å². The van der Waals surface area contributed by atoms with Crippen LogP contribution in [0.1, 0.15) is 40.9 Å². The molecule has 102 valence electrons. The zero-order valence-electron chi connectivity index (χ0n) is 11.5. The van der Waals surface area contributed by atoms with E-state index >= 15 is 0 Å². The Hall–Kier alpha value is -1.61. The molecule has 1 unspecified atom stereocenters. The third kappa shape index (κ3) is 2.50. The van der Waals surface area contributed by atoms with Gasteiger partial charge in [-0.25, -0.2) is 0 Å². The molecule has 0 amide bonds. The van der Waals surface area contributed by atoms with Crippen molar-refractivity contribution in [3.05, 3.63) is 59.4 Å². The number of nitrogens with zero attached hydrogens (tertiary/aromatic N) is 1. The number of aryl methyl sites for hydroxylation is 1. The van der Waals surface area contributed by atoms with Crippen molar-refractivity contribution in [2.45, 2.75) is 30.6 Å². The Kier molecular flexibility index (Phi) is 3.88. The molecule has 1 aromatic heterocycles. The van der Waals surface area contributed by atoms with Crippen molar-refractivity contribution in [2.24, 2.45) is 0 Å². The van der Waals surface area contributed by atoms with E-state index in [9.17, 15) is 4.79 Å². The van der Waals surface area contributed by atoms with Crippen LogP contribution in [-0.2, 0) is 6.42 Å². The van der Waals surface area contributed by atoms with Crippen molar-refractivity contribution < 1.29 is 4.79 Å². The molecule has 2 aromatic rings. The van der Waals surface area contributed by atoms with Gasteiger partial charge >= 0.3 is 0 Å². The molecule has 1 aliphatic rings. The summed E-state index contributed by atoms with van der Waals surface area (Å²) in [6.45, 7) is 2.13. The highest BCUT2D eigenvalue weighted by molar-refractivity contribution is 7.99. The molecule has 20 heavy (non-hydrogen) atoms. The quantitative estimate of drug-likeness (QED) is 0.625. The fourth-order valence-corrected chi connectivity index (χ4v) is 3.41. The molecule has 0 spiro atoms. The van der Waals surface area contributed by atoms with Gasteiger partial charge in [0.25, 0.3) is 0 Å². The summed E-state index contributed by atoms with van der Waals surface area (Å²) in [7, 11) is 0. The number of fused-ring (bicyclic) bond motifs is 1. The third-order valence-electron chi connectivity index (χ3n) is 3.72. The standard InChI is InChI=1S/C17H17NOS/c1-2-20-14-8-5-13(6-9-14)17(19)15-10-7-12-4-3-11-18-16(12)15/h3-6,8-9,11,15H,2,7,10H2,1H3. The van der Waals surface area contributed by atoms with Crippen LogP contribution in [0, 0.1) is 0 Å². The van der Waals surface area contributed by atoms with Gasteiger partial charge in [-0.1, -0.05) is 25.1 Å². The Bertz CT molecular complexity index is 621. The van der Waals surface area contributed by atoms with Gasteiger partial charge in [0.2, 0.25) is 0 Å². The van der Waals surface area contributed by atoms with Crippen molar-refractivity contribution in [3.8, 4) is 0 Å². The van der Waals surface area contributed by atoms with E-state index in [4.69, 9.17) is 0 Å². The number of carbonyl (C=O) groups is 1. The highest BCUT2D eigenvalue weighted by Crippen LogP contribution is 2.34. The summed E-state index contributed by atoms with van der Waals surface area (Å²) in [6.07, 6.45) is 3.63. The molecule has 0 saturated heterocycles. The predicted molar refractivity (Wildman–Crippen MR) is 82.5 cm³/mol. The minimum atomic E-state index is -0.0594. The second-order valence-corrected chi connectivity index (χ2v) is 6.30. The maximum Gasteiger partial charge on any atom is 0.171 e. The molecule has 3 rings (SSSR count). The van der Waals surface area contributed by atoms with Crippen LogP contribution in [0.25, 0.3) is 0 Å². The molecular weight excluding hydrogens is 266 g/mol. The van der Waals surface area contributed by atoms with Crippen LogP contribution < -0.4 is 0 Å². The molecule has 2 nitrogen and oxygen atoms in total. The average molecular weight is 283 g/mol. The molecule has 0 fully saturated rings. The summed E-state index contributed by atoms with van der Waals surface area (Å²) >= 11 is 1.79. The molecule has 0 saturated carbocycles. The molecule has 3 heteroatoms. The summed E-state index contributed by atoms with van der Waals surface area (Å²) < 4.78 is 0. The van der Waals surface area contributed by atoms with Gasteiger partial charge in [0.15, 0.2) is 5.78 Å². The number of aromatic nitrogens is 1. The normalized spacial score (nSPS) is 16.9. The van der Waals surface area contributed by atoms with Crippen LogP contribution in [0.4, 0.5) is 0 Å². The van der Waals surface area contributed by atoms with Crippen molar-refractivity contribution in [2.75, 3.05) is 5.75 Å². The zero-order valence-corrected chi connectivity index (χ0v) is 12.3. The molecule has 1 aromatic carbocycles. The highest BCUT2D eigenvalue weighted by atomic mass is 32.2. The average Bonchev–Trinajstić information content (AvgIpc) is 2.92. The van der Waals surface area contributed by atoms with Crippen molar-refractivity contribution in [3.63, 3.8) is 0 Å². The molecular formula is C17H17NOS. The first-order chi connectivity index (χ1) is 9.79. The molecule has 1 atom stereocenters. The summed E-state index contributed by atoms with van der Waals surface area (Å²) in [5.74, 6) is 1.19. The van der Waals surface area contributed by atoms with Gasteiger partial charge in [-0.2, -0.15) is 0 Å². The van der Waals surface area contributed by atoms with Crippen LogP contribution in [-0.4, -0.2) is 16.5 Å². The topological polar surface area (TPSA) is 30.0 Å². The van der Waals surface area contributed by atoms with Gasteiger partial charge in [0, 0.05) is 16.7 Å². The Labute approximate surface area is 123 Å². The van der Waals surface area contributed by atoms with E-state index in [0.29, 0.717) is 0 Å². The lowest BCUT2D eigenvalue weighted by Gasteiger charge is -2.10. The van der Waals surface area contributed by atoms with Gasteiger partial charge < -0.3 is 0 Å². The molecule has 0 aliphatic heterocycles. The fourth-order valence-electron chi connectivity index (χ4n) is 2.75. The largest absolute Gasteiger partial charge is 0.293 e. The zero-order chi connectivity index (χ0) is 13.9. The van der Waals surface area contributed by atoms with Crippen LogP contribution >= 0.6 is 11.8 Å². The van der Waals surface area contributed by atoms with Crippen LogP contribution in [0.15, 0.2) is 47.5 Å². The first-order valence-corrected chi connectivity index (χ1v) is 7.99. The van der Waals surface area contributed by atoms with Gasteiger partial charge in [0.1, 0.15) is 0 Å². The monoisotopic (exact) mass is 283 g/mol. The molecule has 0 N–H and O–H groups in total. The number of Topliss-reactive ketones (excluding diaryl/α,β-unsaturated/α-hetero) is 1. The van der Waals surface area contributed by atoms with E-state index in [0.717, 1.165) is 29.9 Å². The summed E-state index contributed by atoms with van der Waals surface area (Å²) in [5.41, 5.74) is 3.00. The summed E-state index contributed by atoms with van der Waals surface area (Å²) in [6, 6.07) is 12.0. The lowest BCUT2D eigenvalue weighted by atomic mass is 9.95. The van der Waals surface area contributed by atoms with Gasteiger partial charge in [-0.3, -0.25) is 9.78 Å². The highest BCUT2D eigenvalue weighted by Gasteiger charge is 2.30. The first-order valence-electron chi connectivity index (χ1n) is 7.00. The lowest BCUT2D eigenvalue weighted by molar-refractivity contribution is 0.0958. The Morgan fingerprint density at radius 1 is 1.30 bits per heavy atom. The molecule has 0 radical (unpaired) electrons. The molecule has 1 heterocycles. The molecule has 0 bridgehead atoms. The number of ketones is 1. The van der Waals surface area contributed by atoms with Crippen LogP contribution in [0.5, 0.6) is 0 Å². The van der Waals surface area contributed by atoms with E-state index < -0.39 is 0 Å². The van der Waals surface area contributed by atoms with E-state index in [1.807, 2.05) is 30.3 Å². The SMILES string of the molecule is CCSc1ccc(C(=O)C2CCc3cccnc32)cc1. The fraction of sp³-hybridized carbons (Fsp3) is 0.294. The number of pyridine rings is 1. The first kappa shape index (κ1) is 13.4. The maximum absolute atomic E-state index is 12.6. The Balaban J connectivity index is 1.83.